The second-order valence-electron chi connectivity index (χ2n) is 3.70. The molecule has 0 aliphatic rings. The lowest BCUT2D eigenvalue weighted by Crippen LogP contribution is -2.02. The standard InChI is InChI=1S/C10H14N6/c1-6(2)3-4-12-8-7-9(14-5-13-8)16-10(11)15-7/h3,5H,4H2,1-2H3,(H4,11,12,13,14,15,16). The van der Waals surface area contributed by atoms with Gasteiger partial charge in [0, 0.05) is 6.54 Å². The molecule has 0 radical (unpaired) electrons. The van der Waals surface area contributed by atoms with E-state index in [4.69, 9.17) is 5.73 Å². The molecule has 0 aromatic carbocycles. The van der Waals surface area contributed by atoms with Crippen molar-refractivity contribution in [1.29, 1.82) is 0 Å². The predicted octanol–water partition coefficient (Wildman–Crippen LogP) is 1.31. The van der Waals surface area contributed by atoms with Gasteiger partial charge < -0.3 is 16.0 Å². The number of fused-ring (bicyclic) bond motifs is 1. The Hall–Kier alpha value is -2.11. The minimum Gasteiger partial charge on any atom is -0.369 e. The minimum absolute atomic E-state index is 0.348. The summed E-state index contributed by atoms with van der Waals surface area (Å²) in [6.07, 6.45) is 3.55. The van der Waals surface area contributed by atoms with Gasteiger partial charge in [0.15, 0.2) is 22.9 Å². The highest BCUT2D eigenvalue weighted by molar-refractivity contribution is 5.83. The quantitative estimate of drug-likeness (QED) is 0.675. The number of H-pyrrole nitrogens is 1. The Morgan fingerprint density at radius 2 is 2.31 bits per heavy atom. The summed E-state index contributed by atoms with van der Waals surface area (Å²) >= 11 is 0. The van der Waals surface area contributed by atoms with E-state index in [1.165, 1.54) is 11.9 Å². The van der Waals surface area contributed by atoms with Crippen molar-refractivity contribution >= 4 is 22.9 Å². The Balaban J connectivity index is 2.26. The summed E-state index contributed by atoms with van der Waals surface area (Å²) in [6, 6.07) is 0. The molecule has 0 saturated carbocycles. The summed E-state index contributed by atoms with van der Waals surface area (Å²) in [7, 11) is 0. The maximum absolute atomic E-state index is 5.56. The number of allylic oxidation sites excluding steroid dienone is 1. The first-order chi connectivity index (χ1) is 7.66. The van der Waals surface area contributed by atoms with Crippen LogP contribution in [-0.4, -0.2) is 26.5 Å². The molecule has 6 heteroatoms. The lowest BCUT2D eigenvalue weighted by atomic mass is 10.3. The van der Waals surface area contributed by atoms with Crippen LogP contribution in [-0.2, 0) is 0 Å². The molecule has 0 spiro atoms. The third kappa shape index (κ3) is 2.10. The van der Waals surface area contributed by atoms with Gasteiger partial charge in [0.1, 0.15) is 6.33 Å². The molecule has 0 saturated heterocycles. The van der Waals surface area contributed by atoms with E-state index in [2.05, 4.69) is 31.3 Å². The number of nitrogens with zero attached hydrogens (tertiary/aromatic N) is 3. The van der Waals surface area contributed by atoms with Crippen molar-refractivity contribution in [3.63, 3.8) is 0 Å². The second-order valence-corrected chi connectivity index (χ2v) is 3.70. The van der Waals surface area contributed by atoms with Gasteiger partial charge in [-0.05, 0) is 13.8 Å². The summed E-state index contributed by atoms with van der Waals surface area (Å²) in [5, 5.41) is 3.17. The van der Waals surface area contributed by atoms with Gasteiger partial charge in [-0.25, -0.2) is 15.0 Å². The molecular formula is C10H14N6. The first-order valence-electron chi connectivity index (χ1n) is 5.00. The summed E-state index contributed by atoms with van der Waals surface area (Å²) in [4.78, 5) is 15.2. The molecule has 0 unspecified atom stereocenters. The summed E-state index contributed by atoms with van der Waals surface area (Å²) < 4.78 is 0. The van der Waals surface area contributed by atoms with Crippen LogP contribution in [0.1, 0.15) is 13.8 Å². The number of nitrogens with two attached hydrogens (primary N) is 1. The summed E-state index contributed by atoms with van der Waals surface area (Å²) in [5.41, 5.74) is 8.13. The molecule has 2 aromatic rings. The van der Waals surface area contributed by atoms with Crippen LogP contribution in [0.4, 0.5) is 11.8 Å². The second kappa shape index (κ2) is 4.18. The van der Waals surface area contributed by atoms with Gasteiger partial charge in [-0.3, -0.25) is 0 Å². The van der Waals surface area contributed by atoms with Gasteiger partial charge in [0.2, 0.25) is 0 Å². The first-order valence-corrected chi connectivity index (χ1v) is 5.00. The predicted molar refractivity (Wildman–Crippen MR) is 64.0 cm³/mol. The van der Waals surface area contributed by atoms with Gasteiger partial charge in [-0.2, -0.15) is 0 Å². The van der Waals surface area contributed by atoms with Gasteiger partial charge in [-0.1, -0.05) is 11.6 Å². The van der Waals surface area contributed by atoms with E-state index < -0.39 is 0 Å². The number of aromatic amines is 1. The summed E-state index contributed by atoms with van der Waals surface area (Å²) in [6.45, 7) is 4.80. The fourth-order valence-corrected chi connectivity index (χ4v) is 1.33. The molecule has 0 aliphatic heterocycles. The first kappa shape index (κ1) is 10.4. The zero-order valence-corrected chi connectivity index (χ0v) is 9.28. The maximum atomic E-state index is 5.56. The minimum atomic E-state index is 0.348. The highest BCUT2D eigenvalue weighted by Crippen LogP contribution is 2.16. The highest BCUT2D eigenvalue weighted by Gasteiger charge is 2.06. The molecule has 0 aliphatic carbocycles. The molecule has 84 valence electrons. The smallest absolute Gasteiger partial charge is 0.199 e. The van der Waals surface area contributed by atoms with Crippen LogP contribution in [0.2, 0.25) is 0 Å². The van der Waals surface area contributed by atoms with E-state index in [1.807, 2.05) is 13.8 Å². The molecule has 2 aromatic heterocycles. The Bertz CT molecular complexity index is 523. The number of nitrogens with one attached hydrogen (secondary N) is 2. The topological polar surface area (TPSA) is 92.5 Å². The zero-order chi connectivity index (χ0) is 11.5. The molecular weight excluding hydrogens is 204 g/mol. The number of rotatable bonds is 3. The molecule has 0 fully saturated rings. The van der Waals surface area contributed by atoms with E-state index in [1.54, 1.807) is 0 Å². The van der Waals surface area contributed by atoms with Crippen molar-refractivity contribution in [1.82, 2.24) is 19.9 Å². The van der Waals surface area contributed by atoms with E-state index in [0.29, 0.717) is 29.5 Å². The molecule has 6 nitrogen and oxygen atoms in total. The Kier molecular flexibility index (Phi) is 2.72. The van der Waals surface area contributed by atoms with Crippen molar-refractivity contribution in [2.45, 2.75) is 13.8 Å². The van der Waals surface area contributed by atoms with E-state index >= 15 is 0 Å². The number of imidazole rings is 1. The molecule has 2 heterocycles. The number of aromatic nitrogens is 4. The van der Waals surface area contributed by atoms with Gasteiger partial charge in [-0.15, -0.1) is 0 Å². The van der Waals surface area contributed by atoms with Crippen LogP contribution in [0.25, 0.3) is 11.2 Å². The Morgan fingerprint density at radius 3 is 3.06 bits per heavy atom. The number of anilines is 2. The van der Waals surface area contributed by atoms with E-state index in [9.17, 15) is 0 Å². The van der Waals surface area contributed by atoms with Crippen molar-refractivity contribution in [2.24, 2.45) is 0 Å². The molecule has 0 amide bonds. The highest BCUT2D eigenvalue weighted by atomic mass is 15.1. The van der Waals surface area contributed by atoms with Crippen molar-refractivity contribution in [2.75, 3.05) is 17.6 Å². The van der Waals surface area contributed by atoms with Crippen LogP contribution in [0.3, 0.4) is 0 Å². The Morgan fingerprint density at radius 1 is 1.50 bits per heavy atom. The molecule has 16 heavy (non-hydrogen) atoms. The monoisotopic (exact) mass is 218 g/mol. The normalized spacial score (nSPS) is 10.4. The average molecular weight is 218 g/mol. The summed E-state index contributed by atoms with van der Waals surface area (Å²) in [5.74, 6) is 1.04. The van der Waals surface area contributed by atoms with Crippen molar-refractivity contribution in [3.05, 3.63) is 18.0 Å². The van der Waals surface area contributed by atoms with Crippen LogP contribution in [0, 0.1) is 0 Å². The third-order valence-electron chi connectivity index (χ3n) is 2.08. The number of hydrogen-bond donors (Lipinski definition) is 3. The van der Waals surface area contributed by atoms with Gasteiger partial charge in [0.25, 0.3) is 0 Å². The zero-order valence-electron chi connectivity index (χ0n) is 9.28. The maximum Gasteiger partial charge on any atom is 0.199 e. The van der Waals surface area contributed by atoms with E-state index in [0.717, 1.165) is 0 Å². The molecule has 0 bridgehead atoms. The molecule has 0 atom stereocenters. The van der Waals surface area contributed by atoms with Crippen molar-refractivity contribution in [3.8, 4) is 0 Å². The molecule has 2 rings (SSSR count). The van der Waals surface area contributed by atoms with Crippen LogP contribution >= 0.6 is 0 Å². The average Bonchev–Trinajstić information content (AvgIpc) is 2.58. The lowest BCUT2D eigenvalue weighted by Gasteiger charge is -2.02. The van der Waals surface area contributed by atoms with Gasteiger partial charge >= 0.3 is 0 Å². The van der Waals surface area contributed by atoms with Gasteiger partial charge in [0.05, 0.1) is 0 Å². The Labute approximate surface area is 93.0 Å². The van der Waals surface area contributed by atoms with E-state index in [-0.39, 0.29) is 0 Å². The number of nitrogen functional groups attached to an aromatic ring is 1. The SMILES string of the molecule is CC(C)=CCNc1ncnc2[nH]c(N)nc12. The fourth-order valence-electron chi connectivity index (χ4n) is 1.33. The number of hydrogen-bond acceptors (Lipinski definition) is 5. The fraction of sp³-hybridized carbons (Fsp3) is 0.300. The van der Waals surface area contributed by atoms with Crippen LogP contribution in [0.5, 0.6) is 0 Å². The molecule has 4 N–H and O–H groups in total. The van der Waals surface area contributed by atoms with Crippen LogP contribution in [0.15, 0.2) is 18.0 Å². The largest absolute Gasteiger partial charge is 0.369 e. The third-order valence-corrected chi connectivity index (χ3v) is 2.08. The van der Waals surface area contributed by atoms with Crippen LogP contribution < -0.4 is 11.1 Å². The lowest BCUT2D eigenvalue weighted by molar-refractivity contribution is 1.16. The van der Waals surface area contributed by atoms with Crippen molar-refractivity contribution < 1.29 is 0 Å².